The minimum Gasteiger partial charge on any atom is -0.483 e. The molecule has 1 amide bonds. The Morgan fingerprint density at radius 2 is 1.52 bits per heavy atom. The van der Waals surface area contributed by atoms with Crippen molar-refractivity contribution in [3.05, 3.63) is 84.4 Å². The van der Waals surface area contributed by atoms with Crippen LogP contribution < -0.4 is 10.1 Å². The van der Waals surface area contributed by atoms with Crippen LogP contribution in [-0.2, 0) is 14.8 Å². The maximum atomic E-state index is 12.6. The van der Waals surface area contributed by atoms with Crippen LogP contribution in [0.3, 0.4) is 0 Å². The van der Waals surface area contributed by atoms with Crippen LogP contribution in [0, 0.1) is 0 Å². The first-order valence-electron chi connectivity index (χ1n) is 11.0. The first-order chi connectivity index (χ1) is 15.9. The number of hydrogen-bond donors (Lipinski definition) is 1. The molecule has 33 heavy (non-hydrogen) atoms. The Labute approximate surface area is 196 Å². The van der Waals surface area contributed by atoms with Gasteiger partial charge in [-0.05, 0) is 36.2 Å². The zero-order valence-corrected chi connectivity index (χ0v) is 20.0. The number of hydrogen-bond acceptors (Lipinski definition) is 4. The lowest BCUT2D eigenvalue weighted by Gasteiger charge is -2.19. The minimum absolute atomic E-state index is 0.122. The summed E-state index contributed by atoms with van der Waals surface area (Å²) in [4.78, 5) is 12.7. The lowest BCUT2D eigenvalue weighted by molar-refractivity contribution is -0.123. The highest BCUT2D eigenvalue weighted by molar-refractivity contribution is 7.89. The van der Waals surface area contributed by atoms with Gasteiger partial charge in [-0.2, -0.15) is 4.31 Å². The van der Waals surface area contributed by atoms with Gasteiger partial charge in [-0.25, -0.2) is 8.42 Å². The fourth-order valence-electron chi connectivity index (χ4n) is 3.60. The molecule has 6 nitrogen and oxygen atoms in total. The van der Waals surface area contributed by atoms with Gasteiger partial charge in [0.15, 0.2) is 6.61 Å². The van der Waals surface area contributed by atoms with Gasteiger partial charge in [0, 0.05) is 18.7 Å². The van der Waals surface area contributed by atoms with Gasteiger partial charge in [0.05, 0.1) is 10.9 Å². The first kappa shape index (κ1) is 24.5. The maximum absolute atomic E-state index is 12.6. The molecule has 0 fully saturated rings. The fourth-order valence-corrected chi connectivity index (χ4v) is 5.06. The Kier molecular flexibility index (Phi) is 8.25. The molecule has 0 bridgehead atoms. The molecule has 1 atom stereocenters. The summed E-state index contributed by atoms with van der Waals surface area (Å²) in [6, 6.07) is 23.8. The molecule has 0 aliphatic heterocycles. The van der Waals surface area contributed by atoms with Gasteiger partial charge >= 0.3 is 0 Å². The average Bonchev–Trinajstić information content (AvgIpc) is 2.84. The summed E-state index contributed by atoms with van der Waals surface area (Å²) >= 11 is 0. The molecular weight excluding hydrogens is 436 g/mol. The lowest BCUT2D eigenvalue weighted by Crippen LogP contribution is -2.32. The van der Waals surface area contributed by atoms with Crippen molar-refractivity contribution in [2.75, 3.05) is 19.7 Å². The molecule has 1 unspecified atom stereocenters. The lowest BCUT2D eigenvalue weighted by atomic mass is 10.1. The van der Waals surface area contributed by atoms with Crippen LogP contribution in [0.25, 0.3) is 11.1 Å². The van der Waals surface area contributed by atoms with E-state index in [0.717, 1.165) is 16.7 Å². The molecule has 174 valence electrons. The van der Waals surface area contributed by atoms with Crippen LogP contribution in [0.15, 0.2) is 83.8 Å². The van der Waals surface area contributed by atoms with E-state index in [4.69, 9.17) is 4.74 Å². The molecule has 0 radical (unpaired) electrons. The van der Waals surface area contributed by atoms with Crippen molar-refractivity contribution in [1.82, 2.24) is 9.62 Å². The van der Waals surface area contributed by atoms with Gasteiger partial charge in [0.25, 0.3) is 5.91 Å². The summed E-state index contributed by atoms with van der Waals surface area (Å²) in [5.41, 5.74) is 2.75. The molecule has 1 N–H and O–H groups in total. The normalized spacial score (nSPS) is 12.4. The second-order valence-electron chi connectivity index (χ2n) is 7.60. The van der Waals surface area contributed by atoms with Gasteiger partial charge in [-0.3, -0.25) is 4.79 Å². The van der Waals surface area contributed by atoms with Crippen molar-refractivity contribution in [2.24, 2.45) is 0 Å². The SMILES string of the molecule is CCN(CC)S(=O)(=O)c1ccc(C(C)NC(=O)COc2ccccc2-c2ccccc2)cc1. The van der Waals surface area contributed by atoms with Crippen molar-refractivity contribution in [3.63, 3.8) is 0 Å². The standard InChI is InChI=1S/C26H30N2O4S/c1-4-28(5-2)33(30,31)23-17-15-21(16-18-23)20(3)27-26(29)19-32-25-14-10-9-13-24(25)22-11-7-6-8-12-22/h6-18,20H,4-5,19H2,1-3H3,(H,27,29). The molecule has 0 spiro atoms. The van der Waals surface area contributed by atoms with Gasteiger partial charge in [-0.1, -0.05) is 74.5 Å². The third kappa shape index (κ3) is 6.00. The Bertz CT molecular complexity index is 1160. The average molecular weight is 467 g/mol. The number of carbonyl (C=O) groups is 1. The highest BCUT2D eigenvalue weighted by Gasteiger charge is 2.21. The summed E-state index contributed by atoms with van der Waals surface area (Å²) in [5.74, 6) is 0.377. The highest BCUT2D eigenvalue weighted by Crippen LogP contribution is 2.29. The molecular formula is C26H30N2O4S. The van der Waals surface area contributed by atoms with Gasteiger partial charge < -0.3 is 10.1 Å². The van der Waals surface area contributed by atoms with E-state index >= 15 is 0 Å². The number of nitrogens with one attached hydrogen (secondary N) is 1. The zero-order chi connectivity index (χ0) is 23.8. The Morgan fingerprint density at radius 3 is 2.15 bits per heavy atom. The van der Waals surface area contributed by atoms with Crippen LogP contribution in [0.5, 0.6) is 5.75 Å². The van der Waals surface area contributed by atoms with E-state index in [1.54, 1.807) is 24.3 Å². The van der Waals surface area contributed by atoms with E-state index in [0.29, 0.717) is 18.8 Å². The first-order valence-corrected chi connectivity index (χ1v) is 12.5. The minimum atomic E-state index is -3.51. The quantitative estimate of drug-likeness (QED) is 0.472. The summed E-state index contributed by atoms with van der Waals surface area (Å²) in [6.07, 6.45) is 0. The van der Waals surface area contributed by atoms with E-state index in [2.05, 4.69) is 5.32 Å². The number of para-hydroxylation sites is 1. The largest absolute Gasteiger partial charge is 0.483 e. The number of ether oxygens (including phenoxy) is 1. The molecule has 7 heteroatoms. The Balaban J connectivity index is 1.62. The molecule has 0 aliphatic carbocycles. The van der Waals surface area contributed by atoms with E-state index < -0.39 is 10.0 Å². The molecule has 3 rings (SSSR count). The van der Waals surface area contributed by atoms with Crippen molar-refractivity contribution >= 4 is 15.9 Å². The molecule has 0 saturated heterocycles. The predicted molar refractivity (Wildman–Crippen MR) is 130 cm³/mol. The van der Waals surface area contributed by atoms with Crippen molar-refractivity contribution in [3.8, 4) is 16.9 Å². The number of benzene rings is 3. The van der Waals surface area contributed by atoms with E-state index in [-0.39, 0.29) is 23.5 Å². The van der Waals surface area contributed by atoms with Crippen molar-refractivity contribution < 1.29 is 17.9 Å². The van der Waals surface area contributed by atoms with E-state index in [1.165, 1.54) is 4.31 Å². The number of nitrogens with zero attached hydrogens (tertiary/aromatic N) is 1. The summed E-state index contributed by atoms with van der Waals surface area (Å²) in [5, 5.41) is 2.91. The number of carbonyl (C=O) groups excluding carboxylic acids is 1. The predicted octanol–water partition coefficient (Wildman–Crippen LogP) is 4.64. The summed E-state index contributed by atoms with van der Waals surface area (Å²) in [7, 11) is -3.51. The summed E-state index contributed by atoms with van der Waals surface area (Å²) in [6.45, 7) is 6.19. The number of amides is 1. The van der Waals surface area contributed by atoms with Crippen molar-refractivity contribution in [1.29, 1.82) is 0 Å². The Hall–Kier alpha value is -3.16. The molecule has 0 heterocycles. The number of sulfonamides is 1. The second-order valence-corrected chi connectivity index (χ2v) is 9.54. The monoisotopic (exact) mass is 466 g/mol. The fraction of sp³-hybridized carbons (Fsp3) is 0.269. The van der Waals surface area contributed by atoms with Crippen LogP contribution in [0.4, 0.5) is 0 Å². The molecule has 0 saturated carbocycles. The molecule has 3 aromatic rings. The zero-order valence-electron chi connectivity index (χ0n) is 19.2. The van der Waals surface area contributed by atoms with Gasteiger partial charge in [0.2, 0.25) is 10.0 Å². The molecule has 3 aromatic carbocycles. The Morgan fingerprint density at radius 1 is 0.909 bits per heavy atom. The maximum Gasteiger partial charge on any atom is 0.258 e. The number of rotatable bonds is 10. The van der Waals surface area contributed by atoms with Crippen LogP contribution >= 0.6 is 0 Å². The van der Waals surface area contributed by atoms with E-state index in [1.807, 2.05) is 75.4 Å². The third-order valence-electron chi connectivity index (χ3n) is 5.43. The van der Waals surface area contributed by atoms with Crippen LogP contribution in [0.2, 0.25) is 0 Å². The van der Waals surface area contributed by atoms with Gasteiger partial charge in [-0.15, -0.1) is 0 Å². The molecule has 0 aromatic heterocycles. The van der Waals surface area contributed by atoms with E-state index in [9.17, 15) is 13.2 Å². The smallest absolute Gasteiger partial charge is 0.258 e. The molecule has 0 aliphatic rings. The topological polar surface area (TPSA) is 75.7 Å². The van der Waals surface area contributed by atoms with Crippen LogP contribution in [0.1, 0.15) is 32.4 Å². The third-order valence-corrected chi connectivity index (χ3v) is 7.50. The van der Waals surface area contributed by atoms with Gasteiger partial charge in [0.1, 0.15) is 5.75 Å². The second kappa shape index (κ2) is 11.1. The summed E-state index contributed by atoms with van der Waals surface area (Å²) < 4.78 is 32.5. The van der Waals surface area contributed by atoms with Crippen molar-refractivity contribution in [2.45, 2.75) is 31.7 Å². The van der Waals surface area contributed by atoms with Crippen LogP contribution in [-0.4, -0.2) is 38.3 Å². The highest BCUT2D eigenvalue weighted by atomic mass is 32.2.